The van der Waals surface area contributed by atoms with Gasteiger partial charge in [0, 0.05) is 34.5 Å². The molecule has 0 atom stereocenters. The zero-order valence-corrected chi connectivity index (χ0v) is 17.0. The highest BCUT2D eigenvalue weighted by Gasteiger charge is 2.55. The van der Waals surface area contributed by atoms with Crippen LogP contribution in [0.2, 0.25) is 0 Å². The molecule has 0 aliphatic heterocycles. The van der Waals surface area contributed by atoms with Crippen LogP contribution in [-0.4, -0.2) is 32.1 Å². The van der Waals surface area contributed by atoms with Gasteiger partial charge >= 0.3 is 12.4 Å². The maximum absolute atomic E-state index is 14.0. The Morgan fingerprint density at radius 3 is 2.32 bits per heavy atom. The van der Waals surface area contributed by atoms with Crippen molar-refractivity contribution in [2.45, 2.75) is 43.7 Å². The summed E-state index contributed by atoms with van der Waals surface area (Å²) in [5, 5.41) is 18.9. The van der Waals surface area contributed by atoms with E-state index in [9.17, 15) is 36.6 Å². The molecule has 3 rings (SSSR count). The zero-order chi connectivity index (χ0) is 23.0. The molecule has 0 saturated carbocycles. The molecular formula is C20H18F6N2O2S. The third kappa shape index (κ3) is 4.44. The second-order valence-electron chi connectivity index (χ2n) is 6.95. The molecule has 11 heteroatoms. The first kappa shape index (κ1) is 23.6. The normalized spacial score (nSPS) is 13.3. The zero-order valence-electron chi connectivity index (χ0n) is 16.2. The summed E-state index contributed by atoms with van der Waals surface area (Å²) in [6.45, 7) is 1.94. The lowest BCUT2D eigenvalue weighted by atomic mass is 9.94. The lowest BCUT2D eigenvalue weighted by Gasteiger charge is -2.26. The number of rotatable bonds is 6. The van der Waals surface area contributed by atoms with Crippen molar-refractivity contribution in [3.05, 3.63) is 47.3 Å². The highest BCUT2D eigenvalue weighted by Crippen LogP contribution is 2.44. The molecule has 0 spiro atoms. The molecule has 0 bridgehead atoms. The quantitative estimate of drug-likeness (QED) is 0.217. The van der Waals surface area contributed by atoms with Crippen LogP contribution in [0.25, 0.3) is 21.8 Å². The first-order valence-electron chi connectivity index (χ1n) is 9.25. The predicted molar refractivity (Wildman–Crippen MR) is 105 cm³/mol. The Kier molecular flexibility index (Phi) is 6.41. The van der Waals surface area contributed by atoms with Crippen molar-refractivity contribution < 1.29 is 36.6 Å². The number of thioether (sulfide) groups is 1. The number of halogens is 6. The number of nitrogens with zero attached hydrogens (tertiary/aromatic N) is 2. The Bertz CT molecular complexity index is 1100. The van der Waals surface area contributed by atoms with E-state index in [2.05, 4.69) is 9.97 Å². The van der Waals surface area contributed by atoms with Crippen molar-refractivity contribution in [3.63, 3.8) is 0 Å². The van der Waals surface area contributed by atoms with E-state index in [1.807, 2.05) is 6.92 Å². The Labute approximate surface area is 177 Å². The molecule has 1 aromatic carbocycles. The molecule has 3 aromatic rings. The molecule has 2 heterocycles. The molecule has 0 radical (unpaired) electrons. The highest BCUT2D eigenvalue weighted by atomic mass is 32.2. The van der Waals surface area contributed by atoms with Gasteiger partial charge in [0.2, 0.25) is 0 Å². The molecule has 4 nitrogen and oxygen atoms in total. The first-order chi connectivity index (χ1) is 14.4. The van der Waals surface area contributed by atoms with Crippen molar-refractivity contribution in [1.29, 1.82) is 0 Å². The lowest BCUT2D eigenvalue weighted by molar-refractivity contribution is -0.357. The largest absolute Gasteiger partial charge is 0.447 e. The number of hydrogen-bond donors (Lipinski definition) is 2. The number of aromatic nitrogens is 2. The van der Waals surface area contributed by atoms with Crippen LogP contribution >= 0.6 is 11.8 Å². The van der Waals surface area contributed by atoms with Crippen LogP contribution < -0.4 is 0 Å². The SMILES string of the molecule is CCCCSCc1cnc2c(cc(C(O)(O)C(F)(F)F)c3ncccc32)c1C(F)(F)F. The summed E-state index contributed by atoms with van der Waals surface area (Å²) in [6.07, 6.45) is -6.63. The monoisotopic (exact) mass is 464 g/mol. The van der Waals surface area contributed by atoms with Crippen molar-refractivity contribution in [2.75, 3.05) is 5.75 Å². The molecule has 0 aliphatic rings. The van der Waals surface area contributed by atoms with E-state index in [-0.39, 0.29) is 22.2 Å². The fraction of sp³-hybridized carbons (Fsp3) is 0.400. The lowest BCUT2D eigenvalue weighted by Crippen LogP contribution is -2.42. The Hall–Kier alpha value is -2.11. The molecule has 0 unspecified atom stereocenters. The molecule has 168 valence electrons. The second-order valence-corrected chi connectivity index (χ2v) is 8.06. The Balaban J connectivity index is 2.36. The summed E-state index contributed by atoms with van der Waals surface area (Å²) < 4.78 is 82.0. The average molecular weight is 464 g/mol. The van der Waals surface area contributed by atoms with Gasteiger partial charge in [-0.15, -0.1) is 0 Å². The Morgan fingerprint density at radius 1 is 1.00 bits per heavy atom. The molecule has 0 aliphatic carbocycles. The standard InChI is InChI=1S/C20H18F6N2O2S/c1-2-3-7-31-10-11-9-28-16-12-5-4-6-27-17(12)14(18(29,30)20(24,25)26)8-13(16)15(11)19(21,22)23/h4-6,8-9,29-30H,2-3,7,10H2,1H3. The number of alkyl halides is 6. The van der Waals surface area contributed by atoms with Crippen LogP contribution in [-0.2, 0) is 17.7 Å². The van der Waals surface area contributed by atoms with Gasteiger partial charge < -0.3 is 10.2 Å². The summed E-state index contributed by atoms with van der Waals surface area (Å²) in [5.41, 5.74) is -3.25. The minimum atomic E-state index is -5.56. The number of unbranched alkanes of at least 4 members (excludes halogenated alkanes) is 1. The number of fused-ring (bicyclic) bond motifs is 3. The molecule has 0 saturated heterocycles. The topological polar surface area (TPSA) is 66.2 Å². The molecule has 31 heavy (non-hydrogen) atoms. The molecule has 2 N–H and O–H groups in total. The van der Waals surface area contributed by atoms with Gasteiger partial charge in [-0.3, -0.25) is 9.97 Å². The summed E-state index contributed by atoms with van der Waals surface area (Å²) >= 11 is 1.26. The van der Waals surface area contributed by atoms with Gasteiger partial charge in [-0.1, -0.05) is 13.3 Å². The number of hydrogen-bond acceptors (Lipinski definition) is 5. The van der Waals surface area contributed by atoms with Crippen LogP contribution in [0.15, 0.2) is 30.6 Å². The summed E-state index contributed by atoms with van der Waals surface area (Å²) in [7, 11) is 0. The van der Waals surface area contributed by atoms with E-state index in [0.29, 0.717) is 11.8 Å². The number of pyridine rings is 2. The van der Waals surface area contributed by atoms with Crippen LogP contribution in [0.5, 0.6) is 0 Å². The summed E-state index contributed by atoms with van der Waals surface area (Å²) in [4.78, 5) is 7.82. The second kappa shape index (κ2) is 8.44. The molecule has 0 fully saturated rings. The van der Waals surface area contributed by atoms with Gasteiger partial charge in [0.05, 0.1) is 16.6 Å². The van der Waals surface area contributed by atoms with E-state index in [1.54, 1.807) is 0 Å². The van der Waals surface area contributed by atoms with Gasteiger partial charge in [-0.05, 0) is 35.9 Å². The highest BCUT2D eigenvalue weighted by molar-refractivity contribution is 7.98. The van der Waals surface area contributed by atoms with E-state index >= 15 is 0 Å². The third-order valence-electron chi connectivity index (χ3n) is 4.76. The predicted octanol–water partition coefficient (Wildman–Crippen LogP) is 5.53. The van der Waals surface area contributed by atoms with Gasteiger partial charge in [0.1, 0.15) is 0 Å². The first-order valence-corrected chi connectivity index (χ1v) is 10.4. The van der Waals surface area contributed by atoms with Gasteiger partial charge in [-0.2, -0.15) is 38.1 Å². The summed E-state index contributed by atoms with van der Waals surface area (Å²) in [5.74, 6) is -3.83. The van der Waals surface area contributed by atoms with E-state index < -0.39 is 40.2 Å². The number of aliphatic hydroxyl groups is 2. The van der Waals surface area contributed by atoms with Crippen LogP contribution in [0.1, 0.15) is 36.5 Å². The summed E-state index contributed by atoms with van der Waals surface area (Å²) in [6, 6.07) is 3.04. The van der Waals surface area contributed by atoms with Crippen molar-refractivity contribution in [1.82, 2.24) is 9.97 Å². The van der Waals surface area contributed by atoms with Crippen LogP contribution in [0.3, 0.4) is 0 Å². The van der Waals surface area contributed by atoms with Gasteiger partial charge in [0.25, 0.3) is 5.79 Å². The smallest absolute Gasteiger partial charge is 0.355 e. The minimum Gasteiger partial charge on any atom is -0.355 e. The van der Waals surface area contributed by atoms with Crippen LogP contribution in [0.4, 0.5) is 26.3 Å². The molecular weight excluding hydrogens is 446 g/mol. The number of benzene rings is 1. The fourth-order valence-electron chi connectivity index (χ4n) is 3.24. The van der Waals surface area contributed by atoms with Crippen molar-refractivity contribution in [3.8, 4) is 0 Å². The van der Waals surface area contributed by atoms with Crippen molar-refractivity contribution >= 4 is 33.6 Å². The molecule has 0 amide bonds. The third-order valence-corrected chi connectivity index (χ3v) is 5.85. The maximum atomic E-state index is 14.0. The minimum absolute atomic E-state index is 0.0408. The van der Waals surface area contributed by atoms with Crippen LogP contribution in [0, 0.1) is 0 Å². The van der Waals surface area contributed by atoms with Gasteiger partial charge in [-0.25, -0.2) is 0 Å². The Morgan fingerprint density at radius 2 is 1.71 bits per heavy atom. The van der Waals surface area contributed by atoms with Gasteiger partial charge in [0.15, 0.2) is 0 Å². The average Bonchev–Trinajstić information content (AvgIpc) is 2.68. The van der Waals surface area contributed by atoms with Crippen molar-refractivity contribution in [2.24, 2.45) is 0 Å². The van der Waals surface area contributed by atoms with E-state index in [1.165, 1.54) is 23.9 Å². The van der Waals surface area contributed by atoms with E-state index in [0.717, 1.165) is 25.2 Å². The molecule has 2 aromatic heterocycles. The van der Waals surface area contributed by atoms with E-state index in [4.69, 9.17) is 0 Å². The maximum Gasteiger partial charge on any atom is 0.447 e. The fourth-order valence-corrected chi connectivity index (χ4v) is 4.31.